The SMILES string of the molecule is CCCNc1cc(NC2CCCOC2)ccn1. The summed E-state index contributed by atoms with van der Waals surface area (Å²) in [7, 11) is 0. The third kappa shape index (κ3) is 3.89. The molecule has 1 saturated heterocycles. The van der Waals surface area contributed by atoms with E-state index in [1.54, 1.807) is 0 Å². The van der Waals surface area contributed by atoms with E-state index >= 15 is 0 Å². The standard InChI is InChI=1S/C13H21N3O/c1-2-6-14-13-9-11(5-7-15-13)16-12-4-3-8-17-10-12/h5,7,9,12H,2-4,6,8,10H2,1H3,(H2,14,15,16). The number of ether oxygens (including phenoxy) is 1. The van der Waals surface area contributed by atoms with Crippen molar-refractivity contribution in [2.75, 3.05) is 30.4 Å². The molecule has 4 nitrogen and oxygen atoms in total. The van der Waals surface area contributed by atoms with E-state index in [1.807, 2.05) is 12.3 Å². The zero-order valence-corrected chi connectivity index (χ0v) is 10.4. The van der Waals surface area contributed by atoms with Crippen molar-refractivity contribution in [2.24, 2.45) is 0 Å². The summed E-state index contributed by atoms with van der Waals surface area (Å²) >= 11 is 0. The quantitative estimate of drug-likeness (QED) is 0.823. The highest BCUT2D eigenvalue weighted by molar-refractivity contribution is 5.52. The molecule has 0 aliphatic carbocycles. The third-order valence-electron chi connectivity index (χ3n) is 2.85. The number of pyridine rings is 1. The molecule has 1 atom stereocenters. The molecule has 1 aliphatic rings. The summed E-state index contributed by atoms with van der Waals surface area (Å²) < 4.78 is 5.46. The lowest BCUT2D eigenvalue weighted by Crippen LogP contribution is -2.29. The van der Waals surface area contributed by atoms with Crippen molar-refractivity contribution in [3.05, 3.63) is 18.3 Å². The molecule has 17 heavy (non-hydrogen) atoms. The van der Waals surface area contributed by atoms with Crippen molar-refractivity contribution in [1.82, 2.24) is 4.98 Å². The Morgan fingerprint density at radius 3 is 3.24 bits per heavy atom. The summed E-state index contributed by atoms with van der Waals surface area (Å²) in [5.74, 6) is 0.938. The number of hydrogen-bond donors (Lipinski definition) is 2. The molecule has 2 rings (SSSR count). The Morgan fingerprint density at radius 2 is 2.47 bits per heavy atom. The second kappa shape index (κ2) is 6.45. The van der Waals surface area contributed by atoms with E-state index in [-0.39, 0.29) is 0 Å². The van der Waals surface area contributed by atoms with Gasteiger partial charge in [-0.05, 0) is 25.3 Å². The van der Waals surface area contributed by atoms with Gasteiger partial charge in [0, 0.05) is 37.1 Å². The van der Waals surface area contributed by atoms with Crippen molar-refractivity contribution in [3.63, 3.8) is 0 Å². The molecule has 1 aromatic heterocycles. The van der Waals surface area contributed by atoms with Gasteiger partial charge in [0.1, 0.15) is 5.82 Å². The van der Waals surface area contributed by atoms with E-state index in [1.165, 1.54) is 6.42 Å². The molecule has 1 unspecified atom stereocenters. The van der Waals surface area contributed by atoms with Gasteiger partial charge in [-0.15, -0.1) is 0 Å². The first-order valence-electron chi connectivity index (χ1n) is 6.42. The van der Waals surface area contributed by atoms with Gasteiger partial charge >= 0.3 is 0 Å². The summed E-state index contributed by atoms with van der Waals surface area (Å²) in [4.78, 5) is 4.29. The first kappa shape index (κ1) is 12.2. The van der Waals surface area contributed by atoms with Gasteiger partial charge < -0.3 is 15.4 Å². The highest BCUT2D eigenvalue weighted by Crippen LogP contribution is 2.16. The van der Waals surface area contributed by atoms with Crippen LogP contribution in [0.4, 0.5) is 11.5 Å². The van der Waals surface area contributed by atoms with Crippen molar-refractivity contribution in [3.8, 4) is 0 Å². The van der Waals surface area contributed by atoms with Gasteiger partial charge in [-0.25, -0.2) is 4.98 Å². The molecule has 1 fully saturated rings. The highest BCUT2D eigenvalue weighted by Gasteiger charge is 2.13. The Labute approximate surface area is 103 Å². The average molecular weight is 235 g/mol. The van der Waals surface area contributed by atoms with Gasteiger partial charge in [0.15, 0.2) is 0 Å². The maximum Gasteiger partial charge on any atom is 0.127 e. The fraction of sp³-hybridized carbons (Fsp3) is 0.615. The summed E-state index contributed by atoms with van der Waals surface area (Å²) in [6.07, 6.45) is 5.27. The molecule has 0 spiro atoms. The molecule has 1 aliphatic heterocycles. The molecule has 0 saturated carbocycles. The average Bonchev–Trinajstić information content (AvgIpc) is 2.38. The lowest BCUT2D eigenvalue weighted by Gasteiger charge is -2.24. The Hall–Kier alpha value is -1.29. The largest absolute Gasteiger partial charge is 0.380 e. The van der Waals surface area contributed by atoms with Crippen molar-refractivity contribution >= 4 is 11.5 Å². The van der Waals surface area contributed by atoms with Gasteiger partial charge in [-0.2, -0.15) is 0 Å². The maximum absolute atomic E-state index is 5.46. The minimum absolute atomic E-state index is 0.435. The maximum atomic E-state index is 5.46. The molecular weight excluding hydrogens is 214 g/mol. The molecule has 94 valence electrons. The number of rotatable bonds is 5. The van der Waals surface area contributed by atoms with E-state index in [0.717, 1.165) is 44.1 Å². The van der Waals surface area contributed by atoms with Crippen LogP contribution in [0.1, 0.15) is 26.2 Å². The van der Waals surface area contributed by atoms with Crippen LogP contribution in [-0.4, -0.2) is 30.8 Å². The van der Waals surface area contributed by atoms with Crippen LogP contribution in [0.15, 0.2) is 18.3 Å². The molecule has 0 bridgehead atoms. The summed E-state index contributed by atoms with van der Waals surface area (Å²) in [6, 6.07) is 4.50. The Morgan fingerprint density at radius 1 is 1.53 bits per heavy atom. The van der Waals surface area contributed by atoms with E-state index in [9.17, 15) is 0 Å². The molecule has 1 aromatic rings. The van der Waals surface area contributed by atoms with E-state index in [2.05, 4.69) is 28.6 Å². The van der Waals surface area contributed by atoms with Gasteiger partial charge in [-0.1, -0.05) is 6.92 Å². The highest BCUT2D eigenvalue weighted by atomic mass is 16.5. The molecule has 0 aromatic carbocycles. The topological polar surface area (TPSA) is 46.2 Å². The first-order valence-corrected chi connectivity index (χ1v) is 6.42. The smallest absolute Gasteiger partial charge is 0.127 e. The van der Waals surface area contributed by atoms with Crippen LogP contribution < -0.4 is 10.6 Å². The Bertz CT molecular complexity index is 337. The molecule has 0 radical (unpaired) electrons. The van der Waals surface area contributed by atoms with Crippen LogP contribution in [0, 0.1) is 0 Å². The minimum atomic E-state index is 0.435. The van der Waals surface area contributed by atoms with E-state index in [4.69, 9.17) is 4.74 Å². The molecule has 4 heteroatoms. The third-order valence-corrected chi connectivity index (χ3v) is 2.85. The number of nitrogens with zero attached hydrogens (tertiary/aromatic N) is 1. The lowest BCUT2D eigenvalue weighted by molar-refractivity contribution is 0.0876. The van der Waals surface area contributed by atoms with Crippen molar-refractivity contribution < 1.29 is 4.74 Å². The predicted octanol–water partition coefficient (Wildman–Crippen LogP) is 2.49. The van der Waals surface area contributed by atoms with Gasteiger partial charge in [0.05, 0.1) is 6.61 Å². The fourth-order valence-corrected chi connectivity index (χ4v) is 1.96. The van der Waals surface area contributed by atoms with Crippen LogP contribution in [0.25, 0.3) is 0 Å². The summed E-state index contributed by atoms with van der Waals surface area (Å²) in [5.41, 5.74) is 1.12. The number of anilines is 2. The van der Waals surface area contributed by atoms with Crippen LogP contribution >= 0.6 is 0 Å². The van der Waals surface area contributed by atoms with Crippen LogP contribution in [0.2, 0.25) is 0 Å². The Balaban J connectivity index is 1.90. The molecule has 0 amide bonds. The van der Waals surface area contributed by atoms with Gasteiger partial charge in [-0.3, -0.25) is 0 Å². The predicted molar refractivity (Wildman–Crippen MR) is 70.5 cm³/mol. The zero-order valence-electron chi connectivity index (χ0n) is 10.4. The van der Waals surface area contributed by atoms with Crippen LogP contribution in [0.5, 0.6) is 0 Å². The monoisotopic (exact) mass is 235 g/mol. The summed E-state index contributed by atoms with van der Waals surface area (Å²) in [6.45, 7) is 4.81. The van der Waals surface area contributed by atoms with Gasteiger partial charge in [0.2, 0.25) is 0 Å². The molecule has 2 N–H and O–H groups in total. The normalized spacial score (nSPS) is 19.9. The minimum Gasteiger partial charge on any atom is -0.380 e. The van der Waals surface area contributed by atoms with Crippen LogP contribution in [-0.2, 0) is 4.74 Å². The molecule has 2 heterocycles. The Kier molecular flexibility index (Phi) is 4.62. The summed E-state index contributed by atoms with van der Waals surface area (Å²) in [5, 5.41) is 6.78. The fourth-order valence-electron chi connectivity index (χ4n) is 1.96. The number of hydrogen-bond acceptors (Lipinski definition) is 4. The second-order valence-electron chi connectivity index (χ2n) is 4.41. The number of nitrogens with one attached hydrogen (secondary N) is 2. The lowest BCUT2D eigenvalue weighted by atomic mass is 10.1. The molecular formula is C13H21N3O. The van der Waals surface area contributed by atoms with E-state index < -0.39 is 0 Å². The van der Waals surface area contributed by atoms with Gasteiger partial charge in [0.25, 0.3) is 0 Å². The number of aromatic nitrogens is 1. The van der Waals surface area contributed by atoms with Crippen LogP contribution in [0.3, 0.4) is 0 Å². The zero-order chi connectivity index (χ0) is 11.9. The first-order chi connectivity index (χ1) is 8.38. The van der Waals surface area contributed by atoms with E-state index in [0.29, 0.717) is 6.04 Å². The second-order valence-corrected chi connectivity index (χ2v) is 4.41. The van der Waals surface area contributed by atoms with Crippen molar-refractivity contribution in [2.45, 2.75) is 32.2 Å². The van der Waals surface area contributed by atoms with Crippen molar-refractivity contribution in [1.29, 1.82) is 0 Å².